The summed E-state index contributed by atoms with van der Waals surface area (Å²) in [5.74, 6) is 0.336. The first kappa shape index (κ1) is 5.22. The molecule has 0 spiro atoms. The number of anilines is 1. The van der Waals surface area contributed by atoms with Gasteiger partial charge in [0.25, 0.3) is 0 Å². The van der Waals surface area contributed by atoms with E-state index in [1.54, 1.807) is 18.5 Å². The van der Waals surface area contributed by atoms with Crippen LogP contribution in [0.1, 0.15) is 0 Å². The number of fused-ring (bicyclic) bond motifs is 1. The second kappa shape index (κ2) is 1.70. The Morgan fingerprint density at radius 3 is 3.20 bits per heavy atom. The van der Waals surface area contributed by atoms with E-state index in [4.69, 9.17) is 10.2 Å². The van der Waals surface area contributed by atoms with E-state index >= 15 is 0 Å². The molecule has 0 aromatic carbocycles. The molecule has 0 aliphatic carbocycles. The molecular formula is C6H5N3O. The Kier molecular flexibility index (Phi) is 0.887. The van der Waals surface area contributed by atoms with Gasteiger partial charge in [0.2, 0.25) is 0 Å². The molecule has 2 N–H and O–H groups in total. The second-order valence-corrected chi connectivity index (χ2v) is 1.93. The molecule has 0 radical (unpaired) electrons. The molecule has 0 atom stereocenters. The monoisotopic (exact) mass is 135 g/mol. The maximum atomic E-state index is 5.43. The van der Waals surface area contributed by atoms with Gasteiger partial charge in [-0.2, -0.15) is 5.10 Å². The predicted octanol–water partition coefficient (Wildman–Crippen LogP) is 0.805. The number of furan rings is 1. The Morgan fingerprint density at radius 1 is 1.50 bits per heavy atom. The first-order valence-corrected chi connectivity index (χ1v) is 2.82. The standard InChI is InChI=1S/C6H5N3O/c7-6-5-4(1-2-10-5)3-8-9-6/h1-3H,(H2,7,9). The summed E-state index contributed by atoms with van der Waals surface area (Å²) in [4.78, 5) is 0. The fourth-order valence-corrected chi connectivity index (χ4v) is 0.828. The average molecular weight is 135 g/mol. The number of hydrogen-bond acceptors (Lipinski definition) is 4. The number of nitrogens with two attached hydrogens (primary N) is 1. The molecule has 0 saturated heterocycles. The van der Waals surface area contributed by atoms with Crippen molar-refractivity contribution in [3.8, 4) is 0 Å². The van der Waals surface area contributed by atoms with Crippen LogP contribution in [0.5, 0.6) is 0 Å². The number of aromatic nitrogens is 2. The number of nitrogen functional groups attached to an aromatic ring is 1. The lowest BCUT2D eigenvalue weighted by molar-refractivity contribution is 0.615. The average Bonchev–Trinajstić information content (AvgIpc) is 2.36. The summed E-state index contributed by atoms with van der Waals surface area (Å²) in [6.45, 7) is 0. The molecule has 0 amide bonds. The first-order valence-electron chi connectivity index (χ1n) is 2.82. The highest BCUT2D eigenvalue weighted by atomic mass is 16.3. The fraction of sp³-hybridized carbons (Fsp3) is 0. The van der Waals surface area contributed by atoms with Crippen molar-refractivity contribution in [3.63, 3.8) is 0 Å². The molecular weight excluding hydrogens is 130 g/mol. The van der Waals surface area contributed by atoms with Crippen molar-refractivity contribution in [2.45, 2.75) is 0 Å². The van der Waals surface area contributed by atoms with Crippen LogP contribution in [0.3, 0.4) is 0 Å². The third kappa shape index (κ3) is 0.556. The summed E-state index contributed by atoms with van der Waals surface area (Å²) in [5.41, 5.74) is 6.04. The van der Waals surface area contributed by atoms with Crippen molar-refractivity contribution >= 4 is 16.8 Å². The van der Waals surface area contributed by atoms with E-state index in [0.717, 1.165) is 5.39 Å². The van der Waals surface area contributed by atoms with Crippen molar-refractivity contribution in [1.82, 2.24) is 10.2 Å². The Balaban J connectivity index is 2.95. The Morgan fingerprint density at radius 2 is 2.40 bits per heavy atom. The van der Waals surface area contributed by atoms with Gasteiger partial charge >= 0.3 is 0 Å². The predicted molar refractivity (Wildman–Crippen MR) is 36.2 cm³/mol. The lowest BCUT2D eigenvalue weighted by Crippen LogP contribution is -1.91. The van der Waals surface area contributed by atoms with Crippen molar-refractivity contribution in [1.29, 1.82) is 0 Å². The van der Waals surface area contributed by atoms with Crippen LogP contribution in [0.25, 0.3) is 11.0 Å². The van der Waals surface area contributed by atoms with Gasteiger partial charge in [-0.25, -0.2) is 0 Å². The number of nitrogens with zero attached hydrogens (tertiary/aromatic N) is 2. The maximum Gasteiger partial charge on any atom is 0.189 e. The quantitative estimate of drug-likeness (QED) is 0.580. The molecule has 0 saturated carbocycles. The highest BCUT2D eigenvalue weighted by Crippen LogP contribution is 2.16. The lowest BCUT2D eigenvalue weighted by atomic mass is 10.4. The van der Waals surface area contributed by atoms with Crippen LogP contribution in [-0.2, 0) is 0 Å². The van der Waals surface area contributed by atoms with Crippen LogP contribution in [0.4, 0.5) is 5.82 Å². The van der Waals surface area contributed by atoms with Crippen LogP contribution in [0.2, 0.25) is 0 Å². The number of rotatable bonds is 0. The van der Waals surface area contributed by atoms with E-state index in [1.807, 2.05) is 0 Å². The molecule has 2 aromatic rings. The summed E-state index contributed by atoms with van der Waals surface area (Å²) in [7, 11) is 0. The van der Waals surface area contributed by atoms with Gasteiger partial charge in [-0.3, -0.25) is 0 Å². The van der Waals surface area contributed by atoms with Crippen molar-refractivity contribution < 1.29 is 4.42 Å². The second-order valence-electron chi connectivity index (χ2n) is 1.93. The summed E-state index contributed by atoms with van der Waals surface area (Å²) < 4.78 is 5.02. The van der Waals surface area contributed by atoms with Gasteiger partial charge in [-0.05, 0) is 6.07 Å². The van der Waals surface area contributed by atoms with Crippen molar-refractivity contribution in [2.75, 3.05) is 5.73 Å². The lowest BCUT2D eigenvalue weighted by Gasteiger charge is -1.88. The zero-order chi connectivity index (χ0) is 6.97. The van der Waals surface area contributed by atoms with Gasteiger partial charge in [0.15, 0.2) is 11.4 Å². The topological polar surface area (TPSA) is 64.9 Å². The Hall–Kier alpha value is -1.58. The van der Waals surface area contributed by atoms with Gasteiger partial charge in [-0.15, -0.1) is 5.10 Å². The minimum Gasteiger partial charge on any atom is -0.460 e. The highest BCUT2D eigenvalue weighted by Gasteiger charge is 2.00. The normalized spacial score (nSPS) is 10.4. The molecule has 0 fully saturated rings. The smallest absolute Gasteiger partial charge is 0.189 e. The highest BCUT2D eigenvalue weighted by molar-refractivity contribution is 5.84. The van der Waals surface area contributed by atoms with Crippen LogP contribution in [0, 0.1) is 0 Å². The zero-order valence-electron chi connectivity index (χ0n) is 5.11. The van der Waals surface area contributed by atoms with Gasteiger partial charge in [-0.1, -0.05) is 0 Å². The molecule has 0 unspecified atom stereocenters. The summed E-state index contributed by atoms with van der Waals surface area (Å²) in [5, 5.41) is 8.15. The van der Waals surface area contributed by atoms with Crippen LogP contribution in [0.15, 0.2) is 22.9 Å². The number of hydrogen-bond donors (Lipinski definition) is 1. The zero-order valence-corrected chi connectivity index (χ0v) is 5.11. The maximum absolute atomic E-state index is 5.43. The Labute approximate surface area is 56.7 Å². The third-order valence-corrected chi connectivity index (χ3v) is 1.29. The summed E-state index contributed by atoms with van der Waals surface area (Å²) >= 11 is 0. The minimum absolute atomic E-state index is 0.336. The van der Waals surface area contributed by atoms with Gasteiger partial charge in [0.05, 0.1) is 12.5 Å². The largest absolute Gasteiger partial charge is 0.460 e. The molecule has 2 rings (SSSR count). The Bertz CT molecular complexity index is 355. The SMILES string of the molecule is Nc1nncc2ccoc12. The van der Waals surface area contributed by atoms with Crippen molar-refractivity contribution in [3.05, 3.63) is 18.5 Å². The molecule has 10 heavy (non-hydrogen) atoms. The molecule has 4 heteroatoms. The van der Waals surface area contributed by atoms with E-state index in [-0.39, 0.29) is 0 Å². The third-order valence-electron chi connectivity index (χ3n) is 1.29. The van der Waals surface area contributed by atoms with Crippen LogP contribution < -0.4 is 5.73 Å². The minimum atomic E-state index is 0.336. The van der Waals surface area contributed by atoms with Gasteiger partial charge in [0, 0.05) is 5.39 Å². The van der Waals surface area contributed by atoms with Gasteiger partial charge < -0.3 is 10.2 Å². The van der Waals surface area contributed by atoms with Crippen LogP contribution in [-0.4, -0.2) is 10.2 Å². The van der Waals surface area contributed by atoms with E-state index in [9.17, 15) is 0 Å². The molecule has 50 valence electrons. The molecule has 2 aromatic heterocycles. The molecule has 0 aliphatic rings. The summed E-state index contributed by atoms with van der Waals surface area (Å²) in [6, 6.07) is 1.79. The summed E-state index contributed by atoms with van der Waals surface area (Å²) in [6.07, 6.45) is 3.17. The van der Waals surface area contributed by atoms with E-state index < -0.39 is 0 Å². The molecule has 2 heterocycles. The molecule has 4 nitrogen and oxygen atoms in total. The van der Waals surface area contributed by atoms with Gasteiger partial charge in [0.1, 0.15) is 0 Å². The fourth-order valence-electron chi connectivity index (χ4n) is 0.828. The van der Waals surface area contributed by atoms with E-state index in [0.29, 0.717) is 11.4 Å². The molecule has 0 aliphatic heterocycles. The van der Waals surface area contributed by atoms with Crippen molar-refractivity contribution in [2.24, 2.45) is 0 Å². The first-order chi connectivity index (χ1) is 4.88. The molecule has 0 bridgehead atoms. The van der Waals surface area contributed by atoms with E-state index in [1.165, 1.54) is 0 Å². The van der Waals surface area contributed by atoms with E-state index in [2.05, 4.69) is 10.2 Å². The van der Waals surface area contributed by atoms with Crippen LogP contribution >= 0.6 is 0 Å².